The zero-order valence-electron chi connectivity index (χ0n) is 6.48. The third-order valence-electron chi connectivity index (χ3n) is 1.85. The lowest BCUT2D eigenvalue weighted by atomic mass is 10.2. The summed E-state index contributed by atoms with van der Waals surface area (Å²) in [6.45, 7) is 0. The molecule has 0 saturated heterocycles. The average Bonchev–Trinajstić information content (AvgIpc) is 2.43. The van der Waals surface area contributed by atoms with Gasteiger partial charge in [0.2, 0.25) is 0 Å². The Kier molecular flexibility index (Phi) is 3.38. The topological polar surface area (TPSA) is 0 Å². The molecule has 0 aliphatic heterocycles. The lowest BCUT2D eigenvalue weighted by Crippen LogP contribution is -1.77. The van der Waals surface area contributed by atoms with Crippen LogP contribution in [0.3, 0.4) is 0 Å². The number of rotatable bonds is 1. The van der Waals surface area contributed by atoms with E-state index in [2.05, 4.69) is 63.4 Å². The largest absolute Gasteiger partial charge is 0.128 e. The van der Waals surface area contributed by atoms with Crippen molar-refractivity contribution in [2.75, 3.05) is 0 Å². The first-order chi connectivity index (χ1) is 6.24. The SMILES string of the molecule is ClCc1c(I)sc2c(I)cccc12. The van der Waals surface area contributed by atoms with Crippen LogP contribution in [0.1, 0.15) is 5.56 Å². The molecule has 2 rings (SSSR count). The molecule has 13 heavy (non-hydrogen) atoms. The molecule has 0 amide bonds. The summed E-state index contributed by atoms with van der Waals surface area (Å²) in [7, 11) is 0. The first-order valence-electron chi connectivity index (χ1n) is 3.65. The summed E-state index contributed by atoms with van der Waals surface area (Å²) in [5, 5.41) is 1.32. The van der Waals surface area contributed by atoms with Gasteiger partial charge in [-0.2, -0.15) is 0 Å². The van der Waals surface area contributed by atoms with E-state index in [0.29, 0.717) is 5.88 Å². The number of fused-ring (bicyclic) bond motifs is 1. The molecule has 1 heterocycles. The normalized spacial score (nSPS) is 11.0. The highest BCUT2D eigenvalue weighted by Crippen LogP contribution is 2.35. The molecular weight excluding hydrogens is 429 g/mol. The number of halogens is 3. The molecule has 68 valence electrons. The Hall–Kier alpha value is 0.930. The Balaban J connectivity index is 2.86. The summed E-state index contributed by atoms with van der Waals surface area (Å²) in [5.41, 5.74) is 1.28. The maximum atomic E-state index is 5.90. The highest BCUT2D eigenvalue weighted by molar-refractivity contribution is 14.1. The summed E-state index contributed by atoms with van der Waals surface area (Å²) in [6, 6.07) is 6.37. The summed E-state index contributed by atoms with van der Waals surface area (Å²) < 4.78 is 3.99. The molecule has 4 heteroatoms. The van der Waals surface area contributed by atoms with E-state index in [4.69, 9.17) is 11.6 Å². The minimum absolute atomic E-state index is 0.609. The first-order valence-corrected chi connectivity index (χ1v) is 7.16. The molecule has 1 aromatic carbocycles. The fourth-order valence-electron chi connectivity index (χ4n) is 1.23. The molecule has 0 aliphatic carbocycles. The second-order valence-corrected chi connectivity index (χ2v) is 6.87. The number of thiophene rings is 1. The molecule has 0 saturated carbocycles. The van der Waals surface area contributed by atoms with Crippen molar-refractivity contribution in [2.45, 2.75) is 5.88 Å². The summed E-state index contributed by atoms with van der Waals surface area (Å²) >= 11 is 12.5. The minimum Gasteiger partial charge on any atom is -0.128 e. The van der Waals surface area contributed by atoms with Gasteiger partial charge in [0.05, 0.1) is 2.88 Å². The van der Waals surface area contributed by atoms with Crippen molar-refractivity contribution >= 4 is 78.2 Å². The van der Waals surface area contributed by atoms with E-state index >= 15 is 0 Å². The van der Waals surface area contributed by atoms with Gasteiger partial charge in [0.1, 0.15) is 0 Å². The second-order valence-electron chi connectivity index (χ2n) is 2.60. The monoisotopic (exact) mass is 434 g/mol. The van der Waals surface area contributed by atoms with Crippen LogP contribution in [0.5, 0.6) is 0 Å². The lowest BCUT2D eigenvalue weighted by Gasteiger charge is -1.94. The minimum atomic E-state index is 0.609. The van der Waals surface area contributed by atoms with Crippen molar-refractivity contribution in [2.24, 2.45) is 0 Å². The molecule has 0 radical (unpaired) electrons. The van der Waals surface area contributed by atoms with Gasteiger partial charge in [-0.1, -0.05) is 12.1 Å². The van der Waals surface area contributed by atoms with Crippen LogP contribution in [0.2, 0.25) is 0 Å². The third-order valence-corrected chi connectivity index (χ3v) is 5.77. The molecule has 0 spiro atoms. The highest BCUT2D eigenvalue weighted by atomic mass is 127. The van der Waals surface area contributed by atoms with E-state index in [1.807, 2.05) is 11.3 Å². The zero-order valence-corrected chi connectivity index (χ0v) is 12.4. The molecule has 2 aromatic rings. The van der Waals surface area contributed by atoms with E-state index in [0.717, 1.165) is 0 Å². The number of alkyl halides is 1. The van der Waals surface area contributed by atoms with Gasteiger partial charge >= 0.3 is 0 Å². The molecule has 0 atom stereocenters. The van der Waals surface area contributed by atoms with Gasteiger partial charge in [0.25, 0.3) is 0 Å². The molecule has 0 bridgehead atoms. The number of benzene rings is 1. The van der Waals surface area contributed by atoms with Crippen molar-refractivity contribution in [3.05, 3.63) is 30.2 Å². The van der Waals surface area contributed by atoms with Crippen LogP contribution in [0.4, 0.5) is 0 Å². The Morgan fingerprint density at radius 3 is 2.77 bits per heavy atom. The smallest absolute Gasteiger partial charge is 0.0710 e. The quantitative estimate of drug-likeness (QED) is 0.445. The zero-order chi connectivity index (χ0) is 9.42. The fraction of sp³-hybridized carbons (Fsp3) is 0.111. The summed E-state index contributed by atoms with van der Waals surface area (Å²) in [6.07, 6.45) is 0. The van der Waals surface area contributed by atoms with Crippen LogP contribution in [0.15, 0.2) is 18.2 Å². The highest BCUT2D eigenvalue weighted by Gasteiger charge is 2.10. The summed E-state index contributed by atoms with van der Waals surface area (Å²) in [4.78, 5) is 0. The molecule has 0 fully saturated rings. The fourth-order valence-corrected chi connectivity index (χ4v) is 4.74. The van der Waals surface area contributed by atoms with Crippen LogP contribution < -0.4 is 0 Å². The van der Waals surface area contributed by atoms with Crippen molar-refractivity contribution in [3.8, 4) is 0 Å². The average molecular weight is 434 g/mol. The Morgan fingerprint density at radius 1 is 1.31 bits per heavy atom. The van der Waals surface area contributed by atoms with E-state index in [1.165, 1.54) is 22.1 Å². The Labute approximate surface area is 113 Å². The van der Waals surface area contributed by atoms with Gasteiger partial charge in [-0.15, -0.1) is 22.9 Å². The van der Waals surface area contributed by atoms with E-state index < -0.39 is 0 Å². The summed E-state index contributed by atoms with van der Waals surface area (Å²) in [5.74, 6) is 0.609. The van der Waals surface area contributed by atoms with Gasteiger partial charge in [-0.25, -0.2) is 0 Å². The van der Waals surface area contributed by atoms with Gasteiger partial charge < -0.3 is 0 Å². The third kappa shape index (κ3) is 1.85. The van der Waals surface area contributed by atoms with Crippen molar-refractivity contribution in [3.63, 3.8) is 0 Å². The van der Waals surface area contributed by atoms with Crippen molar-refractivity contribution < 1.29 is 0 Å². The van der Waals surface area contributed by atoms with E-state index in [-0.39, 0.29) is 0 Å². The molecular formula is C9H5ClI2S. The van der Waals surface area contributed by atoms with Crippen LogP contribution in [0, 0.1) is 6.45 Å². The van der Waals surface area contributed by atoms with Gasteiger partial charge in [0, 0.05) is 14.2 Å². The molecule has 0 aliphatic rings. The van der Waals surface area contributed by atoms with E-state index in [1.54, 1.807) is 0 Å². The number of hydrogen-bond acceptors (Lipinski definition) is 1. The first kappa shape index (κ1) is 10.4. The van der Waals surface area contributed by atoms with Crippen molar-refractivity contribution in [1.29, 1.82) is 0 Å². The molecule has 0 N–H and O–H groups in total. The standard InChI is InChI=1S/C9H5ClI2S/c10-4-6-5-2-1-3-7(11)8(5)13-9(6)12/h1-3H,4H2. The lowest BCUT2D eigenvalue weighted by molar-refractivity contribution is 1.47. The van der Waals surface area contributed by atoms with Gasteiger partial charge in [-0.3, -0.25) is 0 Å². The van der Waals surface area contributed by atoms with Crippen LogP contribution >= 0.6 is 68.1 Å². The van der Waals surface area contributed by atoms with Gasteiger partial charge in [-0.05, 0) is 62.2 Å². The molecule has 1 aromatic heterocycles. The predicted octanol–water partition coefficient (Wildman–Crippen LogP) is 4.85. The van der Waals surface area contributed by atoms with Crippen LogP contribution in [0.25, 0.3) is 10.1 Å². The Morgan fingerprint density at radius 2 is 2.08 bits per heavy atom. The van der Waals surface area contributed by atoms with E-state index in [9.17, 15) is 0 Å². The number of hydrogen-bond donors (Lipinski definition) is 0. The van der Waals surface area contributed by atoms with Gasteiger partial charge in [0.15, 0.2) is 0 Å². The van der Waals surface area contributed by atoms with Crippen LogP contribution in [-0.4, -0.2) is 0 Å². The maximum absolute atomic E-state index is 5.90. The van der Waals surface area contributed by atoms with Crippen molar-refractivity contribution in [1.82, 2.24) is 0 Å². The maximum Gasteiger partial charge on any atom is 0.0710 e. The Bertz CT molecular complexity index is 450. The predicted molar refractivity (Wildman–Crippen MR) is 76.8 cm³/mol. The second kappa shape index (κ2) is 4.20. The molecule has 0 nitrogen and oxygen atoms in total. The van der Waals surface area contributed by atoms with Crippen LogP contribution in [-0.2, 0) is 5.88 Å². The molecule has 0 unspecified atom stereocenters.